The smallest absolute Gasteiger partial charge is 0.281 e. The van der Waals surface area contributed by atoms with Crippen LogP contribution < -0.4 is 20.1 Å². The fourth-order valence-electron chi connectivity index (χ4n) is 7.55. The first-order valence-corrected chi connectivity index (χ1v) is 22.1. The number of nitrogens with one attached hydrogen (secondary N) is 3. The summed E-state index contributed by atoms with van der Waals surface area (Å²) < 4.78 is 8.48. The first-order chi connectivity index (χ1) is 28.6. The lowest BCUT2D eigenvalue weighted by Crippen LogP contribution is -2.30. The van der Waals surface area contributed by atoms with E-state index in [0.717, 1.165) is 67.7 Å². The molecule has 10 nitrogen and oxygen atoms in total. The Bertz CT molecular complexity index is 2680. The number of aromatic nitrogens is 4. The summed E-state index contributed by atoms with van der Waals surface area (Å²) in [5, 5.41) is 15.9. The maximum atomic E-state index is 13.2. The lowest BCUT2D eigenvalue weighted by atomic mass is 10.1. The number of hydrogen-bond acceptors (Lipinski definition) is 5. The van der Waals surface area contributed by atoms with Crippen molar-refractivity contribution < 1.29 is 14.2 Å². The number of rotatable bonds is 16. The lowest BCUT2D eigenvalue weighted by Gasteiger charge is -2.17. The molecule has 0 saturated carbocycles. The van der Waals surface area contributed by atoms with E-state index in [1.54, 1.807) is 27.7 Å². The van der Waals surface area contributed by atoms with Crippen LogP contribution in [0.25, 0.3) is 52.3 Å². The Morgan fingerprint density at radius 1 is 0.780 bits per heavy atom. The monoisotopic (exact) mass is 821 g/mol. The van der Waals surface area contributed by atoms with Crippen molar-refractivity contribution in [3.8, 4) is 0 Å². The van der Waals surface area contributed by atoms with Crippen LogP contribution in [0.4, 0.5) is 5.69 Å². The SMILES string of the molecule is Cc1c(/C=C/C(=N)N(C)c2ccccc2)c2c(n1CC(=O)NCCSSCCNC(=O)Cn1c(C)c(/C=C/c3n(C)c4ccccc4[n+]3C)c3ccccc31)C=C=C=C2. The molecule has 59 heavy (non-hydrogen) atoms. The van der Waals surface area contributed by atoms with Gasteiger partial charge in [-0.05, 0) is 68.5 Å². The van der Waals surface area contributed by atoms with Gasteiger partial charge in [-0.15, -0.1) is 0 Å². The van der Waals surface area contributed by atoms with Crippen molar-refractivity contribution in [1.29, 1.82) is 5.41 Å². The average molecular weight is 822 g/mol. The highest BCUT2D eigenvalue weighted by Gasteiger charge is 2.21. The minimum atomic E-state index is -0.0724. The van der Waals surface area contributed by atoms with Gasteiger partial charge in [-0.2, -0.15) is 0 Å². The highest BCUT2D eigenvalue weighted by Crippen LogP contribution is 2.30. The predicted molar refractivity (Wildman–Crippen MR) is 247 cm³/mol. The molecule has 3 heterocycles. The van der Waals surface area contributed by atoms with E-state index in [2.05, 4.69) is 105 Å². The van der Waals surface area contributed by atoms with E-state index in [-0.39, 0.29) is 24.9 Å². The second-order valence-electron chi connectivity index (χ2n) is 14.3. The minimum Gasteiger partial charge on any atom is -0.354 e. The standard InChI is InChI=1S/C47H48N8O2S2/c1-33-36(23-25-44(48)51(3)35-15-7-6-8-16-35)38-17-9-11-19-40(38)54(33)31-45(56)49-27-29-58-59-30-28-50-46(57)32-55-34(2)37(39-18-10-12-20-41(39)55)24-26-47-52(4)42-21-13-14-22-43(42)53(47)5/h6-8,10,12-26,48H,27-32H2,1-5H3,(H-,49,50,56,57)/p+1/b25-23+,48-44?. The van der Waals surface area contributed by atoms with Crippen molar-refractivity contribution in [3.63, 3.8) is 0 Å². The average Bonchev–Trinajstić information content (AvgIpc) is 3.78. The molecule has 1 aliphatic rings. The number of amides is 2. The van der Waals surface area contributed by atoms with Crippen molar-refractivity contribution in [3.05, 3.63) is 136 Å². The first-order valence-electron chi connectivity index (χ1n) is 19.6. The molecule has 6 aromatic rings. The molecule has 2 amide bonds. The maximum absolute atomic E-state index is 13.2. The summed E-state index contributed by atoms with van der Waals surface area (Å²) in [7, 11) is 9.40. The van der Waals surface area contributed by atoms with Crippen molar-refractivity contribution >= 4 is 97.2 Å². The molecule has 0 bridgehead atoms. The number of anilines is 1. The largest absolute Gasteiger partial charge is 0.354 e. The molecule has 1 aliphatic carbocycles. The summed E-state index contributed by atoms with van der Waals surface area (Å²) in [6.07, 6.45) is 11.8. The Hall–Kier alpha value is -6.16. The van der Waals surface area contributed by atoms with Gasteiger partial charge in [0.25, 0.3) is 5.82 Å². The molecule has 0 aliphatic heterocycles. The number of nitrogens with zero attached hydrogens (tertiary/aromatic N) is 5. The number of carbonyl (C=O) groups excluding carboxylic acids is 2. The summed E-state index contributed by atoms with van der Waals surface area (Å²) in [5.41, 5.74) is 16.3. The van der Waals surface area contributed by atoms with Crippen LogP contribution in [0.1, 0.15) is 39.6 Å². The third kappa shape index (κ3) is 8.97. The molecule has 12 heteroatoms. The van der Waals surface area contributed by atoms with Gasteiger partial charge in [0.05, 0.1) is 19.8 Å². The minimum absolute atomic E-state index is 0.0258. The molecule has 0 saturated heterocycles. The van der Waals surface area contributed by atoms with Gasteiger partial charge >= 0.3 is 0 Å². The number of aryl methyl sites for hydroxylation is 2. The van der Waals surface area contributed by atoms with Crippen LogP contribution in [0, 0.1) is 19.3 Å². The van der Waals surface area contributed by atoms with Gasteiger partial charge < -0.3 is 24.7 Å². The van der Waals surface area contributed by atoms with Gasteiger partial charge in [0.2, 0.25) is 11.8 Å². The normalized spacial score (nSPS) is 12.0. The van der Waals surface area contributed by atoms with Gasteiger partial charge in [-0.3, -0.25) is 15.0 Å². The molecule has 0 unspecified atom stereocenters. The third-order valence-corrected chi connectivity index (χ3v) is 13.2. The van der Waals surface area contributed by atoms with Crippen molar-refractivity contribution in [2.24, 2.45) is 14.1 Å². The molecule has 300 valence electrons. The summed E-state index contributed by atoms with van der Waals surface area (Å²) in [5.74, 6) is 2.83. The van der Waals surface area contributed by atoms with Gasteiger partial charge in [0.1, 0.15) is 18.9 Å². The van der Waals surface area contributed by atoms with E-state index < -0.39 is 0 Å². The van der Waals surface area contributed by atoms with Crippen LogP contribution in [0.3, 0.4) is 0 Å². The first kappa shape index (κ1) is 41.0. The fourth-order valence-corrected chi connectivity index (χ4v) is 9.37. The van der Waals surface area contributed by atoms with Crippen LogP contribution in [0.15, 0.2) is 96.4 Å². The Balaban J connectivity index is 0.861. The maximum Gasteiger partial charge on any atom is 0.281 e. The number of fused-ring (bicyclic) bond motifs is 3. The Labute approximate surface area is 353 Å². The molecule has 3 N–H and O–H groups in total. The quantitative estimate of drug-likeness (QED) is 0.0231. The zero-order valence-corrected chi connectivity index (χ0v) is 35.7. The highest BCUT2D eigenvalue weighted by atomic mass is 33.1. The summed E-state index contributed by atoms with van der Waals surface area (Å²) in [4.78, 5) is 28.1. The van der Waals surface area contributed by atoms with E-state index in [9.17, 15) is 9.59 Å². The molecule has 7 rings (SSSR count). The number of hydrogen-bond donors (Lipinski definition) is 3. The Morgan fingerprint density at radius 2 is 1.39 bits per heavy atom. The third-order valence-electron chi connectivity index (χ3n) is 10.7. The molecule has 0 atom stereocenters. The van der Waals surface area contributed by atoms with Crippen LogP contribution >= 0.6 is 21.6 Å². The van der Waals surface area contributed by atoms with E-state index in [0.29, 0.717) is 18.9 Å². The van der Waals surface area contributed by atoms with Crippen molar-refractivity contribution in [2.75, 3.05) is 36.5 Å². The second kappa shape index (κ2) is 18.6. The molecular weight excluding hydrogens is 773 g/mol. The Kier molecular flexibility index (Phi) is 12.9. The van der Waals surface area contributed by atoms with Gasteiger partial charge in [-0.25, -0.2) is 9.13 Å². The topological polar surface area (TPSA) is 104 Å². The zero-order valence-electron chi connectivity index (χ0n) is 34.1. The molecule has 0 radical (unpaired) electrons. The second-order valence-corrected chi connectivity index (χ2v) is 17.0. The van der Waals surface area contributed by atoms with E-state index in [1.807, 2.05) is 84.1 Å². The highest BCUT2D eigenvalue weighted by molar-refractivity contribution is 8.76. The Morgan fingerprint density at radius 3 is 2.10 bits per heavy atom. The summed E-state index contributed by atoms with van der Waals surface area (Å²) in [6.45, 7) is 5.58. The number of carbonyl (C=O) groups is 2. The van der Waals surface area contributed by atoms with Crippen molar-refractivity contribution in [2.45, 2.75) is 26.9 Å². The molecule has 3 aromatic heterocycles. The number of benzene rings is 3. The molecule has 0 spiro atoms. The van der Waals surface area contributed by atoms with Crippen LogP contribution in [-0.2, 0) is 36.8 Å². The van der Waals surface area contributed by atoms with Gasteiger partial charge in [-0.1, -0.05) is 81.6 Å². The van der Waals surface area contributed by atoms with Gasteiger partial charge in [0.15, 0.2) is 11.0 Å². The molecule has 0 fully saturated rings. The molecule has 3 aromatic carbocycles. The van der Waals surface area contributed by atoms with Crippen LogP contribution in [-0.4, -0.2) is 63.0 Å². The number of amidine groups is 1. The van der Waals surface area contributed by atoms with Crippen LogP contribution in [0.2, 0.25) is 0 Å². The van der Waals surface area contributed by atoms with Crippen molar-refractivity contribution in [1.82, 2.24) is 24.3 Å². The summed E-state index contributed by atoms with van der Waals surface area (Å²) >= 11 is 0. The fraction of sp³-hybridized carbons (Fsp3) is 0.234. The number of para-hydroxylation sites is 4. The van der Waals surface area contributed by atoms with E-state index in [4.69, 9.17) is 5.41 Å². The van der Waals surface area contributed by atoms with E-state index >= 15 is 0 Å². The predicted octanol–water partition coefficient (Wildman–Crippen LogP) is 7.78. The number of imidazole rings is 1. The zero-order chi connectivity index (χ0) is 41.5. The summed E-state index contributed by atoms with van der Waals surface area (Å²) in [6, 6.07) is 26.4. The van der Waals surface area contributed by atoms with Crippen LogP contribution in [0.5, 0.6) is 0 Å². The lowest BCUT2D eigenvalue weighted by molar-refractivity contribution is -0.647. The van der Waals surface area contributed by atoms with Gasteiger partial charge in [0, 0.05) is 88.5 Å². The molecular formula is C47H49N8O2S2+. The van der Waals surface area contributed by atoms with E-state index in [1.165, 1.54) is 11.0 Å². The number of likely N-dealkylation sites (N-methyl/N-ethyl adjacent to an activating group) is 1.